The zero-order chi connectivity index (χ0) is 23.5. The first kappa shape index (κ1) is 23.6. The van der Waals surface area contributed by atoms with Gasteiger partial charge in [-0.3, -0.25) is 0 Å². The first-order chi connectivity index (χ1) is 14.9. The largest absolute Gasteiger partial charge is 0.437 e. The van der Waals surface area contributed by atoms with Crippen molar-refractivity contribution in [1.82, 2.24) is 4.98 Å². The molecule has 0 aliphatic rings. The second-order valence-electron chi connectivity index (χ2n) is 7.99. The van der Waals surface area contributed by atoms with E-state index < -0.39 is 17.8 Å². The number of carbonyl (C=O) groups excluding carboxylic acids is 1. The van der Waals surface area contributed by atoms with Crippen molar-refractivity contribution in [2.24, 2.45) is 0 Å². The molecule has 0 unspecified atom stereocenters. The van der Waals surface area contributed by atoms with Crippen molar-refractivity contribution in [3.05, 3.63) is 76.4 Å². The maximum absolute atomic E-state index is 12.7. The summed E-state index contributed by atoms with van der Waals surface area (Å²) >= 11 is 3.30. The van der Waals surface area contributed by atoms with Crippen molar-refractivity contribution in [2.45, 2.75) is 32.4 Å². The summed E-state index contributed by atoms with van der Waals surface area (Å²) in [5.41, 5.74) is 0.481. The summed E-state index contributed by atoms with van der Waals surface area (Å²) < 4.78 is 44.7. The molecule has 1 heterocycles. The van der Waals surface area contributed by atoms with Crippen LogP contribution in [0.4, 0.5) is 29.3 Å². The summed E-state index contributed by atoms with van der Waals surface area (Å²) in [6.07, 6.45) is -4.44. The molecule has 2 aromatic carbocycles. The van der Waals surface area contributed by atoms with Gasteiger partial charge < -0.3 is 15.4 Å². The van der Waals surface area contributed by atoms with E-state index in [2.05, 4.69) is 52.3 Å². The molecule has 9 heteroatoms. The molecule has 168 valence electrons. The molecule has 0 saturated heterocycles. The molecule has 0 saturated carbocycles. The molecule has 0 aliphatic heterocycles. The van der Waals surface area contributed by atoms with Gasteiger partial charge in [-0.25, -0.2) is 9.78 Å². The first-order valence-corrected chi connectivity index (χ1v) is 10.4. The van der Waals surface area contributed by atoms with Gasteiger partial charge in [-0.2, -0.15) is 13.2 Å². The molecular formula is C23H21BrF3N3O2. The third kappa shape index (κ3) is 6.00. The number of anilines is 2. The van der Waals surface area contributed by atoms with Crippen molar-refractivity contribution >= 4 is 33.3 Å². The van der Waals surface area contributed by atoms with E-state index in [9.17, 15) is 18.0 Å². The first-order valence-electron chi connectivity index (χ1n) is 9.62. The molecule has 0 spiro atoms. The van der Waals surface area contributed by atoms with Gasteiger partial charge in [0.05, 0.1) is 5.56 Å². The van der Waals surface area contributed by atoms with Crippen LogP contribution in [0.15, 0.2) is 65.3 Å². The van der Waals surface area contributed by atoms with E-state index in [1.807, 2.05) is 24.3 Å². The summed E-state index contributed by atoms with van der Waals surface area (Å²) in [7, 11) is 0. The Hall–Kier alpha value is -3.07. The van der Waals surface area contributed by atoms with Crippen LogP contribution >= 0.6 is 15.9 Å². The summed E-state index contributed by atoms with van der Waals surface area (Å²) in [6.45, 7) is 6.17. The van der Waals surface area contributed by atoms with Gasteiger partial charge in [0.25, 0.3) is 0 Å². The number of hydrogen-bond donors (Lipinski definition) is 2. The third-order valence-electron chi connectivity index (χ3n) is 4.45. The van der Waals surface area contributed by atoms with E-state index in [0.29, 0.717) is 16.0 Å². The molecule has 3 rings (SSSR count). The predicted octanol–water partition coefficient (Wildman–Crippen LogP) is 7.60. The fourth-order valence-corrected chi connectivity index (χ4v) is 3.19. The van der Waals surface area contributed by atoms with Gasteiger partial charge in [0.2, 0.25) is 5.88 Å². The predicted molar refractivity (Wildman–Crippen MR) is 121 cm³/mol. The number of nitrogens with one attached hydrogen (secondary N) is 2. The van der Waals surface area contributed by atoms with Crippen molar-refractivity contribution in [3.8, 4) is 11.6 Å². The minimum absolute atomic E-state index is 0.165. The monoisotopic (exact) mass is 507 g/mol. The number of urea groups is 1. The molecule has 0 atom stereocenters. The molecule has 0 radical (unpaired) electrons. The lowest BCUT2D eigenvalue weighted by Crippen LogP contribution is -2.20. The highest BCUT2D eigenvalue weighted by Gasteiger charge is 2.30. The zero-order valence-electron chi connectivity index (χ0n) is 17.5. The Bertz CT molecular complexity index is 1110. The smallest absolute Gasteiger partial charge is 0.416 e. The number of carbonyl (C=O) groups is 1. The quantitative estimate of drug-likeness (QED) is 0.357. The van der Waals surface area contributed by atoms with Crippen molar-refractivity contribution in [3.63, 3.8) is 0 Å². The summed E-state index contributed by atoms with van der Waals surface area (Å²) in [5, 5.41) is 5.13. The van der Waals surface area contributed by atoms with Crippen LogP contribution in [-0.4, -0.2) is 11.0 Å². The van der Waals surface area contributed by atoms with Crippen LogP contribution in [0.25, 0.3) is 0 Å². The van der Waals surface area contributed by atoms with E-state index in [1.165, 1.54) is 12.1 Å². The number of nitrogens with zero attached hydrogens (tertiary/aromatic N) is 1. The van der Waals surface area contributed by atoms with Crippen LogP contribution in [0.2, 0.25) is 0 Å². The Kier molecular flexibility index (Phi) is 6.78. The fourth-order valence-electron chi connectivity index (χ4n) is 2.90. The van der Waals surface area contributed by atoms with Crippen LogP contribution in [0.5, 0.6) is 11.6 Å². The SMILES string of the molecule is CC(C)(C)c1ccccc1Oc1nc(Br)ccc1NC(=O)Nc1ccc(C(F)(F)F)cc1. The zero-order valence-corrected chi connectivity index (χ0v) is 19.1. The normalized spacial score (nSPS) is 11.7. The number of aromatic nitrogens is 1. The number of pyridine rings is 1. The number of para-hydroxylation sites is 1. The van der Waals surface area contributed by atoms with Gasteiger partial charge in [0, 0.05) is 11.3 Å². The molecule has 32 heavy (non-hydrogen) atoms. The van der Waals surface area contributed by atoms with Crippen molar-refractivity contribution in [2.75, 3.05) is 10.6 Å². The summed E-state index contributed by atoms with van der Waals surface area (Å²) in [6, 6.07) is 14.3. The minimum atomic E-state index is -4.44. The third-order valence-corrected chi connectivity index (χ3v) is 4.89. The summed E-state index contributed by atoms with van der Waals surface area (Å²) in [4.78, 5) is 16.8. The van der Waals surface area contributed by atoms with Gasteiger partial charge in [0.15, 0.2) is 0 Å². The van der Waals surface area contributed by atoms with Gasteiger partial charge in [-0.15, -0.1) is 0 Å². The van der Waals surface area contributed by atoms with Gasteiger partial charge in [-0.05, 0) is 63.8 Å². The highest BCUT2D eigenvalue weighted by Crippen LogP contribution is 2.36. The van der Waals surface area contributed by atoms with Crippen LogP contribution in [0.1, 0.15) is 31.9 Å². The number of halogens is 4. The molecule has 2 amide bonds. The van der Waals surface area contributed by atoms with Crippen LogP contribution in [-0.2, 0) is 11.6 Å². The second kappa shape index (κ2) is 9.20. The number of amides is 2. The van der Waals surface area contributed by atoms with E-state index in [1.54, 1.807) is 12.1 Å². The Labute approximate surface area is 192 Å². The lowest BCUT2D eigenvalue weighted by atomic mass is 9.86. The summed E-state index contributed by atoms with van der Waals surface area (Å²) in [5.74, 6) is 0.760. The van der Waals surface area contributed by atoms with Crippen LogP contribution in [0, 0.1) is 0 Å². The number of alkyl halides is 3. The average molecular weight is 508 g/mol. The van der Waals surface area contributed by atoms with E-state index in [-0.39, 0.29) is 17.0 Å². The molecule has 0 bridgehead atoms. The van der Waals surface area contributed by atoms with Crippen molar-refractivity contribution in [1.29, 1.82) is 0 Å². The maximum atomic E-state index is 12.7. The molecule has 2 N–H and O–H groups in total. The molecule has 1 aromatic heterocycles. The van der Waals surface area contributed by atoms with Gasteiger partial charge in [0.1, 0.15) is 16.0 Å². The number of benzene rings is 2. The van der Waals surface area contributed by atoms with Gasteiger partial charge >= 0.3 is 12.2 Å². The van der Waals surface area contributed by atoms with E-state index >= 15 is 0 Å². The van der Waals surface area contributed by atoms with Crippen LogP contribution in [0.3, 0.4) is 0 Å². The average Bonchev–Trinajstić information content (AvgIpc) is 2.69. The van der Waals surface area contributed by atoms with Crippen molar-refractivity contribution < 1.29 is 22.7 Å². The molecular weight excluding hydrogens is 487 g/mol. The highest BCUT2D eigenvalue weighted by molar-refractivity contribution is 9.10. The molecule has 0 aliphatic carbocycles. The lowest BCUT2D eigenvalue weighted by Gasteiger charge is -2.23. The van der Waals surface area contributed by atoms with Crippen LogP contribution < -0.4 is 15.4 Å². The maximum Gasteiger partial charge on any atom is 0.416 e. The Balaban J connectivity index is 1.79. The number of hydrogen-bond acceptors (Lipinski definition) is 3. The fraction of sp³-hybridized carbons (Fsp3) is 0.217. The molecule has 3 aromatic rings. The Morgan fingerprint density at radius 3 is 2.22 bits per heavy atom. The topological polar surface area (TPSA) is 63.2 Å². The number of ether oxygens (including phenoxy) is 1. The number of rotatable bonds is 4. The lowest BCUT2D eigenvalue weighted by molar-refractivity contribution is -0.137. The van der Waals surface area contributed by atoms with Gasteiger partial charge in [-0.1, -0.05) is 39.0 Å². The molecule has 5 nitrogen and oxygen atoms in total. The Morgan fingerprint density at radius 2 is 1.59 bits per heavy atom. The minimum Gasteiger partial charge on any atom is -0.437 e. The van der Waals surface area contributed by atoms with E-state index in [0.717, 1.165) is 17.7 Å². The molecule has 0 fully saturated rings. The second-order valence-corrected chi connectivity index (χ2v) is 8.80. The standard InChI is InChI=1S/C23H21BrF3N3O2/c1-22(2,3)16-6-4-5-7-18(16)32-20-17(12-13-19(24)30-20)29-21(31)28-15-10-8-14(9-11-15)23(25,26)27/h4-13H,1-3H3,(H2,28,29,31). The highest BCUT2D eigenvalue weighted by atomic mass is 79.9. The Morgan fingerprint density at radius 1 is 0.938 bits per heavy atom. The van der Waals surface area contributed by atoms with E-state index in [4.69, 9.17) is 4.74 Å².